The van der Waals surface area contributed by atoms with Crippen LogP contribution in [-0.4, -0.2) is 39.7 Å². The molecule has 0 bridgehead atoms. The van der Waals surface area contributed by atoms with Gasteiger partial charge < -0.3 is 13.9 Å². The van der Waals surface area contributed by atoms with Gasteiger partial charge >= 0.3 is 5.97 Å². The van der Waals surface area contributed by atoms with E-state index in [4.69, 9.17) is 13.9 Å². The van der Waals surface area contributed by atoms with E-state index < -0.39 is 8.32 Å². The molecule has 1 aliphatic heterocycles. The third kappa shape index (κ3) is 5.33. The van der Waals surface area contributed by atoms with E-state index in [1.807, 2.05) is 18.2 Å². The lowest BCUT2D eigenvalue weighted by Gasteiger charge is -2.44. The van der Waals surface area contributed by atoms with E-state index in [2.05, 4.69) is 81.4 Å². The first-order valence-corrected chi connectivity index (χ1v) is 13.9. The predicted molar refractivity (Wildman–Crippen MR) is 138 cm³/mol. The van der Waals surface area contributed by atoms with Crippen LogP contribution in [0.25, 0.3) is 0 Å². The van der Waals surface area contributed by atoms with Crippen LogP contribution in [0.4, 0.5) is 0 Å². The number of ether oxygens (including phenoxy) is 2. The standard InChI is InChI=1S/C29H34O4Si/c1-29(2,3)34(26-15-9-5-10-16-26,27-17-11-6-12-18-27)32-22-24-19-20-25(21-31-24)33-28(30)23-13-7-4-8-14-23/h4-18,24-25H,19-22H2,1-3H3/t24-,25+/m1/s1. The summed E-state index contributed by atoms with van der Waals surface area (Å²) in [6.07, 6.45) is 1.32. The Morgan fingerprint density at radius 2 is 1.38 bits per heavy atom. The summed E-state index contributed by atoms with van der Waals surface area (Å²) in [7, 11) is -2.59. The van der Waals surface area contributed by atoms with Crippen molar-refractivity contribution in [2.75, 3.05) is 13.2 Å². The Bertz CT molecular complexity index is 1000. The van der Waals surface area contributed by atoms with Crippen molar-refractivity contribution < 1.29 is 18.7 Å². The van der Waals surface area contributed by atoms with E-state index in [9.17, 15) is 4.79 Å². The van der Waals surface area contributed by atoms with Crippen molar-refractivity contribution in [2.24, 2.45) is 0 Å². The number of hydrogen-bond donors (Lipinski definition) is 0. The molecular weight excluding hydrogens is 440 g/mol. The van der Waals surface area contributed by atoms with Crippen molar-refractivity contribution in [1.29, 1.82) is 0 Å². The van der Waals surface area contributed by atoms with Crippen molar-refractivity contribution >= 4 is 24.7 Å². The zero-order valence-electron chi connectivity index (χ0n) is 20.3. The van der Waals surface area contributed by atoms with Crippen LogP contribution < -0.4 is 10.4 Å². The molecule has 0 aliphatic carbocycles. The number of benzene rings is 3. The van der Waals surface area contributed by atoms with Crippen LogP contribution in [0.15, 0.2) is 91.0 Å². The van der Waals surface area contributed by atoms with Gasteiger partial charge in [-0.15, -0.1) is 0 Å². The van der Waals surface area contributed by atoms with Gasteiger partial charge in [-0.1, -0.05) is 99.6 Å². The Kier molecular flexibility index (Phi) is 7.66. The van der Waals surface area contributed by atoms with Crippen LogP contribution >= 0.6 is 0 Å². The first kappa shape index (κ1) is 24.4. The maximum atomic E-state index is 12.4. The molecule has 0 unspecified atom stereocenters. The third-order valence-electron chi connectivity index (χ3n) is 6.51. The van der Waals surface area contributed by atoms with Gasteiger partial charge in [0.25, 0.3) is 8.32 Å². The maximum Gasteiger partial charge on any atom is 0.338 e. The minimum Gasteiger partial charge on any atom is -0.456 e. The van der Waals surface area contributed by atoms with Crippen molar-refractivity contribution in [3.8, 4) is 0 Å². The van der Waals surface area contributed by atoms with Crippen LogP contribution in [-0.2, 0) is 13.9 Å². The highest BCUT2D eigenvalue weighted by atomic mass is 28.4. The Balaban J connectivity index is 1.45. The minimum atomic E-state index is -2.59. The predicted octanol–water partition coefficient (Wildman–Crippen LogP) is 4.97. The largest absolute Gasteiger partial charge is 0.456 e. The van der Waals surface area contributed by atoms with E-state index in [1.54, 1.807) is 12.1 Å². The summed E-state index contributed by atoms with van der Waals surface area (Å²) in [5.74, 6) is -0.295. The molecule has 4 nitrogen and oxygen atoms in total. The lowest BCUT2D eigenvalue weighted by atomic mass is 10.1. The second kappa shape index (κ2) is 10.7. The highest BCUT2D eigenvalue weighted by Gasteiger charge is 2.50. The Morgan fingerprint density at radius 3 is 1.85 bits per heavy atom. The van der Waals surface area contributed by atoms with Crippen LogP contribution in [0, 0.1) is 0 Å². The Morgan fingerprint density at radius 1 is 0.853 bits per heavy atom. The quantitative estimate of drug-likeness (QED) is 0.358. The van der Waals surface area contributed by atoms with Crippen molar-refractivity contribution in [2.45, 2.75) is 50.9 Å². The molecule has 1 saturated heterocycles. The van der Waals surface area contributed by atoms with Gasteiger partial charge in [0.2, 0.25) is 0 Å². The van der Waals surface area contributed by atoms with Crippen molar-refractivity contribution in [3.05, 3.63) is 96.6 Å². The summed E-state index contributed by atoms with van der Waals surface area (Å²) in [5.41, 5.74) is 0.569. The molecule has 2 atom stereocenters. The number of esters is 1. The van der Waals surface area contributed by atoms with Gasteiger partial charge in [0.05, 0.1) is 24.9 Å². The maximum absolute atomic E-state index is 12.4. The summed E-state index contributed by atoms with van der Waals surface area (Å²) in [4.78, 5) is 12.4. The molecule has 0 radical (unpaired) electrons. The molecular formula is C29H34O4Si. The zero-order valence-corrected chi connectivity index (χ0v) is 21.3. The average Bonchev–Trinajstić information content (AvgIpc) is 2.86. The Labute approximate surface area is 204 Å². The van der Waals surface area contributed by atoms with Crippen LogP contribution in [0.1, 0.15) is 44.0 Å². The lowest BCUT2D eigenvalue weighted by Crippen LogP contribution is -2.67. The summed E-state index contributed by atoms with van der Waals surface area (Å²) in [5, 5.41) is 2.45. The summed E-state index contributed by atoms with van der Waals surface area (Å²) < 4.78 is 18.8. The molecule has 0 N–H and O–H groups in total. The van der Waals surface area contributed by atoms with Gasteiger partial charge in [0.15, 0.2) is 0 Å². The summed E-state index contributed by atoms with van der Waals surface area (Å²) >= 11 is 0. The number of hydrogen-bond acceptors (Lipinski definition) is 4. The molecule has 1 fully saturated rings. The average molecular weight is 475 g/mol. The zero-order chi connectivity index (χ0) is 24.0. The molecule has 0 spiro atoms. The molecule has 1 aliphatic rings. The fourth-order valence-corrected chi connectivity index (χ4v) is 9.37. The summed E-state index contributed by atoms with van der Waals surface area (Å²) in [6, 6.07) is 30.4. The van der Waals surface area contributed by atoms with Crippen molar-refractivity contribution in [3.63, 3.8) is 0 Å². The van der Waals surface area contributed by atoms with E-state index in [0.29, 0.717) is 18.8 Å². The van der Waals surface area contributed by atoms with Gasteiger partial charge in [0, 0.05) is 0 Å². The number of carbonyl (C=O) groups is 1. The SMILES string of the molecule is CC(C)(C)[Si](OC[C@H]1CC[C@H](OC(=O)c2ccccc2)CO1)(c1ccccc1)c1ccccc1. The molecule has 178 valence electrons. The van der Waals surface area contributed by atoms with E-state index in [0.717, 1.165) is 12.8 Å². The van der Waals surface area contributed by atoms with Gasteiger partial charge in [-0.05, 0) is 40.4 Å². The fourth-order valence-electron chi connectivity index (χ4n) is 4.78. The van der Waals surface area contributed by atoms with Crippen LogP contribution in [0.5, 0.6) is 0 Å². The molecule has 5 heteroatoms. The molecule has 0 saturated carbocycles. The van der Waals surface area contributed by atoms with Crippen LogP contribution in [0.3, 0.4) is 0 Å². The van der Waals surface area contributed by atoms with Gasteiger partial charge in [0.1, 0.15) is 6.10 Å². The number of rotatable bonds is 7. The Hall–Kier alpha value is -2.73. The van der Waals surface area contributed by atoms with Crippen LogP contribution in [0.2, 0.25) is 5.04 Å². The molecule has 1 heterocycles. The first-order chi connectivity index (χ1) is 16.4. The topological polar surface area (TPSA) is 44.8 Å². The molecule has 3 aromatic carbocycles. The van der Waals surface area contributed by atoms with E-state index >= 15 is 0 Å². The first-order valence-electron chi connectivity index (χ1n) is 12.0. The van der Waals surface area contributed by atoms with Crippen molar-refractivity contribution in [1.82, 2.24) is 0 Å². The minimum absolute atomic E-state index is 0.0201. The second-order valence-electron chi connectivity index (χ2n) is 9.90. The van der Waals surface area contributed by atoms with Gasteiger partial charge in [-0.2, -0.15) is 0 Å². The highest BCUT2D eigenvalue weighted by Crippen LogP contribution is 2.37. The molecule has 3 aromatic rings. The second-order valence-corrected chi connectivity index (χ2v) is 14.2. The van der Waals surface area contributed by atoms with Gasteiger partial charge in [-0.3, -0.25) is 0 Å². The molecule has 4 rings (SSSR count). The molecule has 0 aromatic heterocycles. The lowest BCUT2D eigenvalue weighted by molar-refractivity contribution is -0.0790. The van der Waals surface area contributed by atoms with E-state index in [1.165, 1.54) is 10.4 Å². The number of carbonyl (C=O) groups excluding carboxylic acids is 1. The fraction of sp³-hybridized carbons (Fsp3) is 0.345. The molecule has 34 heavy (non-hydrogen) atoms. The summed E-state index contributed by atoms with van der Waals surface area (Å²) in [6.45, 7) is 7.75. The normalized spacial score (nSPS) is 18.9. The highest BCUT2D eigenvalue weighted by molar-refractivity contribution is 6.99. The molecule has 0 amide bonds. The monoisotopic (exact) mass is 474 g/mol. The van der Waals surface area contributed by atoms with Gasteiger partial charge in [-0.25, -0.2) is 4.79 Å². The third-order valence-corrected chi connectivity index (χ3v) is 11.5. The van der Waals surface area contributed by atoms with E-state index in [-0.39, 0.29) is 23.2 Å². The smallest absolute Gasteiger partial charge is 0.338 e.